The van der Waals surface area contributed by atoms with Gasteiger partial charge in [0.2, 0.25) is 0 Å². The number of rotatable bonds is 6. The molecule has 1 aliphatic heterocycles. The SMILES string of the molecule is CN=C(NCc1csc(C(C)C)n1)NCC(C)(C)N1CCOCC1. The van der Waals surface area contributed by atoms with E-state index in [9.17, 15) is 0 Å². The highest BCUT2D eigenvalue weighted by Crippen LogP contribution is 2.19. The van der Waals surface area contributed by atoms with Gasteiger partial charge in [-0.25, -0.2) is 4.98 Å². The molecule has 1 saturated heterocycles. The van der Waals surface area contributed by atoms with Crippen molar-refractivity contribution in [3.8, 4) is 0 Å². The van der Waals surface area contributed by atoms with Crippen LogP contribution in [0.1, 0.15) is 44.3 Å². The first-order valence-electron chi connectivity index (χ1n) is 8.64. The second-order valence-corrected chi connectivity index (χ2v) is 7.91. The van der Waals surface area contributed by atoms with Gasteiger partial charge in [0, 0.05) is 43.5 Å². The summed E-state index contributed by atoms with van der Waals surface area (Å²) in [6.45, 7) is 14.0. The third kappa shape index (κ3) is 5.43. The summed E-state index contributed by atoms with van der Waals surface area (Å²) in [5, 5.41) is 10.1. The zero-order valence-corrected chi connectivity index (χ0v) is 16.4. The van der Waals surface area contributed by atoms with E-state index in [1.807, 2.05) is 0 Å². The minimum absolute atomic E-state index is 0.0623. The Labute approximate surface area is 149 Å². The number of guanidine groups is 1. The van der Waals surface area contributed by atoms with Gasteiger partial charge in [-0.3, -0.25) is 9.89 Å². The van der Waals surface area contributed by atoms with Crippen LogP contribution in [0.5, 0.6) is 0 Å². The van der Waals surface area contributed by atoms with Gasteiger partial charge in [-0.1, -0.05) is 13.8 Å². The van der Waals surface area contributed by atoms with Crippen molar-refractivity contribution in [3.63, 3.8) is 0 Å². The normalized spacial score (nSPS) is 17.3. The zero-order valence-electron chi connectivity index (χ0n) is 15.6. The highest BCUT2D eigenvalue weighted by Gasteiger charge is 2.28. The molecule has 2 heterocycles. The van der Waals surface area contributed by atoms with Crippen molar-refractivity contribution in [1.29, 1.82) is 0 Å². The van der Waals surface area contributed by atoms with Gasteiger partial charge >= 0.3 is 0 Å². The van der Waals surface area contributed by atoms with Crippen LogP contribution in [0, 0.1) is 0 Å². The largest absolute Gasteiger partial charge is 0.379 e. The maximum Gasteiger partial charge on any atom is 0.191 e. The van der Waals surface area contributed by atoms with E-state index in [1.54, 1.807) is 18.4 Å². The van der Waals surface area contributed by atoms with Gasteiger partial charge in [0.25, 0.3) is 0 Å². The van der Waals surface area contributed by atoms with Gasteiger partial charge in [0.05, 0.1) is 30.5 Å². The minimum atomic E-state index is 0.0623. The Bertz CT molecular complexity index is 535. The van der Waals surface area contributed by atoms with Crippen LogP contribution in [0.25, 0.3) is 0 Å². The van der Waals surface area contributed by atoms with E-state index in [0.29, 0.717) is 12.5 Å². The van der Waals surface area contributed by atoms with Crippen molar-refractivity contribution in [3.05, 3.63) is 16.1 Å². The van der Waals surface area contributed by atoms with E-state index in [4.69, 9.17) is 4.74 Å². The molecule has 2 N–H and O–H groups in total. The van der Waals surface area contributed by atoms with Gasteiger partial charge in [0.1, 0.15) is 0 Å². The van der Waals surface area contributed by atoms with Crippen molar-refractivity contribution in [2.24, 2.45) is 4.99 Å². The van der Waals surface area contributed by atoms with Gasteiger partial charge < -0.3 is 15.4 Å². The molecule has 2 rings (SSSR count). The van der Waals surface area contributed by atoms with Crippen molar-refractivity contribution in [2.45, 2.75) is 45.7 Å². The summed E-state index contributed by atoms with van der Waals surface area (Å²) in [5.74, 6) is 1.30. The quantitative estimate of drug-likeness (QED) is 0.605. The summed E-state index contributed by atoms with van der Waals surface area (Å²) in [5.41, 5.74) is 1.13. The van der Waals surface area contributed by atoms with Crippen LogP contribution in [0.4, 0.5) is 0 Å². The predicted molar refractivity (Wildman–Crippen MR) is 101 cm³/mol. The third-order valence-corrected chi connectivity index (χ3v) is 5.47. The number of nitrogens with zero attached hydrogens (tertiary/aromatic N) is 3. The Balaban J connectivity index is 1.81. The van der Waals surface area contributed by atoms with E-state index >= 15 is 0 Å². The molecule has 0 amide bonds. The number of aromatic nitrogens is 1. The highest BCUT2D eigenvalue weighted by molar-refractivity contribution is 7.09. The zero-order chi connectivity index (χ0) is 17.6. The molecule has 0 bridgehead atoms. The number of thiazole rings is 1. The molecule has 6 nitrogen and oxygen atoms in total. The number of hydrogen-bond donors (Lipinski definition) is 2. The van der Waals surface area contributed by atoms with Crippen LogP contribution in [-0.2, 0) is 11.3 Å². The van der Waals surface area contributed by atoms with Crippen molar-refractivity contribution in [1.82, 2.24) is 20.5 Å². The monoisotopic (exact) mass is 353 g/mol. The summed E-state index contributed by atoms with van der Waals surface area (Å²) in [7, 11) is 1.80. The lowest BCUT2D eigenvalue weighted by atomic mass is 10.0. The van der Waals surface area contributed by atoms with E-state index in [-0.39, 0.29) is 5.54 Å². The molecule has 1 aromatic heterocycles. The number of nitrogens with one attached hydrogen (secondary N) is 2. The third-order valence-electron chi connectivity index (χ3n) is 4.28. The van der Waals surface area contributed by atoms with E-state index in [2.05, 4.69) is 58.6 Å². The smallest absolute Gasteiger partial charge is 0.191 e. The highest BCUT2D eigenvalue weighted by atomic mass is 32.1. The van der Waals surface area contributed by atoms with Crippen LogP contribution >= 0.6 is 11.3 Å². The maximum absolute atomic E-state index is 5.44. The summed E-state index contributed by atoms with van der Waals surface area (Å²) in [4.78, 5) is 11.4. The Morgan fingerprint density at radius 2 is 2.08 bits per heavy atom. The molecular weight excluding hydrogens is 322 g/mol. The van der Waals surface area contributed by atoms with Crippen LogP contribution in [0.2, 0.25) is 0 Å². The molecule has 7 heteroatoms. The average Bonchev–Trinajstić information content (AvgIpc) is 3.05. The lowest BCUT2D eigenvalue weighted by Crippen LogP contribution is -2.56. The standard InChI is InChI=1S/C17H31N5OS/c1-13(2)15-21-14(11-24-15)10-19-16(18-5)20-12-17(3,4)22-6-8-23-9-7-22/h11,13H,6-10,12H2,1-5H3,(H2,18,19,20). The molecule has 1 fully saturated rings. The number of aliphatic imine (C=N–C) groups is 1. The number of morpholine rings is 1. The summed E-state index contributed by atoms with van der Waals surface area (Å²) in [6, 6.07) is 0. The fourth-order valence-electron chi connectivity index (χ4n) is 2.64. The molecule has 0 radical (unpaired) electrons. The Kier molecular flexibility index (Phi) is 7.01. The first kappa shape index (κ1) is 19.1. The fourth-order valence-corrected chi connectivity index (χ4v) is 3.48. The van der Waals surface area contributed by atoms with Crippen LogP contribution in [0.15, 0.2) is 10.4 Å². The predicted octanol–water partition coefficient (Wildman–Crippen LogP) is 2.04. The van der Waals surface area contributed by atoms with Gasteiger partial charge in [-0.05, 0) is 13.8 Å². The molecule has 136 valence electrons. The van der Waals surface area contributed by atoms with Crippen molar-refractivity contribution >= 4 is 17.3 Å². The van der Waals surface area contributed by atoms with Gasteiger partial charge in [-0.2, -0.15) is 0 Å². The first-order valence-corrected chi connectivity index (χ1v) is 9.52. The molecule has 0 aromatic carbocycles. The van der Waals surface area contributed by atoms with E-state index in [0.717, 1.165) is 44.5 Å². The average molecular weight is 354 g/mol. The Morgan fingerprint density at radius 1 is 1.38 bits per heavy atom. The number of hydrogen-bond acceptors (Lipinski definition) is 5. The Hall–Kier alpha value is -1.18. The molecule has 0 aliphatic carbocycles. The van der Waals surface area contributed by atoms with E-state index < -0.39 is 0 Å². The molecule has 24 heavy (non-hydrogen) atoms. The molecule has 0 saturated carbocycles. The summed E-state index contributed by atoms with van der Waals surface area (Å²) < 4.78 is 5.44. The molecular formula is C17H31N5OS. The van der Waals surface area contributed by atoms with E-state index in [1.165, 1.54) is 5.01 Å². The topological polar surface area (TPSA) is 61.8 Å². The lowest BCUT2D eigenvalue weighted by molar-refractivity contribution is -0.00834. The summed E-state index contributed by atoms with van der Waals surface area (Å²) >= 11 is 1.72. The molecule has 1 aliphatic rings. The molecule has 1 aromatic rings. The van der Waals surface area contributed by atoms with Crippen LogP contribution < -0.4 is 10.6 Å². The Morgan fingerprint density at radius 3 is 2.67 bits per heavy atom. The van der Waals surface area contributed by atoms with Crippen LogP contribution in [-0.4, -0.2) is 61.3 Å². The summed E-state index contributed by atoms with van der Waals surface area (Å²) in [6.07, 6.45) is 0. The van der Waals surface area contributed by atoms with Crippen LogP contribution in [0.3, 0.4) is 0 Å². The van der Waals surface area contributed by atoms with Crippen molar-refractivity contribution in [2.75, 3.05) is 39.9 Å². The lowest BCUT2D eigenvalue weighted by Gasteiger charge is -2.41. The fraction of sp³-hybridized carbons (Fsp3) is 0.765. The van der Waals surface area contributed by atoms with Gasteiger partial charge in [0.15, 0.2) is 5.96 Å². The maximum atomic E-state index is 5.44. The molecule has 0 unspecified atom stereocenters. The second kappa shape index (κ2) is 8.78. The molecule has 0 spiro atoms. The number of ether oxygens (including phenoxy) is 1. The second-order valence-electron chi connectivity index (χ2n) is 7.02. The van der Waals surface area contributed by atoms with Crippen molar-refractivity contribution < 1.29 is 4.74 Å². The minimum Gasteiger partial charge on any atom is -0.379 e. The first-order chi connectivity index (χ1) is 11.4. The molecule has 0 atom stereocenters. The van der Waals surface area contributed by atoms with Gasteiger partial charge in [-0.15, -0.1) is 11.3 Å².